The molecule has 1 unspecified atom stereocenters. The molecule has 0 saturated heterocycles. The van der Waals surface area contributed by atoms with Gasteiger partial charge >= 0.3 is 0 Å². The van der Waals surface area contributed by atoms with Crippen LogP contribution in [-0.4, -0.2) is 6.29 Å². The number of hydrogen-bond donors (Lipinski definition) is 0. The van der Waals surface area contributed by atoms with Crippen LogP contribution >= 0.6 is 0 Å². The van der Waals surface area contributed by atoms with E-state index < -0.39 is 0 Å². The maximum absolute atomic E-state index is 10.5. The second-order valence-corrected chi connectivity index (χ2v) is 3.72. The fraction of sp³-hybridized carbons (Fsp3) is 0.308. The summed E-state index contributed by atoms with van der Waals surface area (Å²) in [5.74, 6) is 0.120. The molecule has 0 aliphatic heterocycles. The molecule has 1 atom stereocenters. The van der Waals surface area contributed by atoms with Crippen LogP contribution in [0.5, 0.6) is 0 Å². The van der Waals surface area contributed by atoms with Crippen molar-refractivity contribution in [2.45, 2.75) is 20.3 Å². The van der Waals surface area contributed by atoms with Gasteiger partial charge in [0.2, 0.25) is 0 Å². The number of allylic oxidation sites excluding steroid dienone is 1. The number of carbonyl (C=O) groups excluding carboxylic acids is 1. The molecule has 0 N–H and O–H groups in total. The molecular formula is C13H16O. The minimum Gasteiger partial charge on any atom is -0.303 e. The van der Waals surface area contributed by atoms with Crippen LogP contribution in [-0.2, 0) is 4.79 Å². The van der Waals surface area contributed by atoms with Crippen molar-refractivity contribution in [3.63, 3.8) is 0 Å². The first-order valence-electron chi connectivity index (χ1n) is 4.90. The van der Waals surface area contributed by atoms with Crippen molar-refractivity contribution < 1.29 is 4.79 Å². The van der Waals surface area contributed by atoms with E-state index in [-0.39, 0.29) is 5.92 Å². The Kier molecular flexibility index (Phi) is 4.11. The molecule has 1 nitrogen and oxygen atoms in total. The third kappa shape index (κ3) is 3.56. The van der Waals surface area contributed by atoms with E-state index in [1.165, 1.54) is 11.1 Å². The molecule has 0 heterocycles. The molecule has 0 amide bonds. The quantitative estimate of drug-likeness (QED) is 0.662. The Hall–Kier alpha value is -1.37. The number of hydrogen-bond acceptors (Lipinski definition) is 1. The minimum absolute atomic E-state index is 0.120. The lowest BCUT2D eigenvalue weighted by Gasteiger charge is -2.03. The van der Waals surface area contributed by atoms with Crippen LogP contribution in [0.2, 0.25) is 0 Å². The van der Waals surface area contributed by atoms with Gasteiger partial charge in [0.15, 0.2) is 0 Å². The van der Waals surface area contributed by atoms with Crippen LogP contribution in [0.15, 0.2) is 35.9 Å². The summed E-state index contributed by atoms with van der Waals surface area (Å²) < 4.78 is 0. The van der Waals surface area contributed by atoms with Crippen molar-refractivity contribution in [2.24, 2.45) is 5.92 Å². The van der Waals surface area contributed by atoms with Gasteiger partial charge in [0.1, 0.15) is 6.29 Å². The van der Waals surface area contributed by atoms with Gasteiger partial charge in [-0.2, -0.15) is 0 Å². The Labute approximate surface area is 85.5 Å². The molecule has 0 bridgehead atoms. The van der Waals surface area contributed by atoms with Crippen LogP contribution in [0.4, 0.5) is 0 Å². The molecule has 74 valence electrons. The summed E-state index contributed by atoms with van der Waals surface area (Å²) in [6.45, 7) is 4.00. The van der Waals surface area contributed by atoms with E-state index >= 15 is 0 Å². The molecule has 1 heteroatoms. The lowest BCUT2D eigenvalue weighted by atomic mass is 10.0. The highest BCUT2D eigenvalue weighted by molar-refractivity contribution is 5.56. The molecular weight excluding hydrogens is 172 g/mol. The fourth-order valence-electron chi connectivity index (χ4n) is 1.45. The third-order valence-electron chi connectivity index (χ3n) is 2.09. The number of aldehydes is 1. The van der Waals surface area contributed by atoms with E-state index in [1.54, 1.807) is 0 Å². The zero-order chi connectivity index (χ0) is 10.4. The highest BCUT2D eigenvalue weighted by Crippen LogP contribution is 2.13. The zero-order valence-corrected chi connectivity index (χ0v) is 8.73. The molecule has 0 fully saturated rings. The molecule has 0 aromatic heterocycles. The Morgan fingerprint density at radius 1 is 1.36 bits per heavy atom. The second-order valence-electron chi connectivity index (χ2n) is 3.72. The van der Waals surface area contributed by atoms with Crippen molar-refractivity contribution in [2.75, 3.05) is 0 Å². The Morgan fingerprint density at radius 3 is 2.57 bits per heavy atom. The molecule has 1 aromatic rings. The molecule has 0 aliphatic carbocycles. The van der Waals surface area contributed by atoms with Crippen molar-refractivity contribution in [1.82, 2.24) is 0 Å². The van der Waals surface area contributed by atoms with E-state index in [9.17, 15) is 4.79 Å². The Morgan fingerprint density at radius 2 is 2.00 bits per heavy atom. The van der Waals surface area contributed by atoms with Gasteiger partial charge in [0.05, 0.1) is 0 Å². The molecule has 1 aromatic carbocycles. The van der Waals surface area contributed by atoms with Crippen LogP contribution in [0, 0.1) is 5.92 Å². The van der Waals surface area contributed by atoms with E-state index in [0.717, 1.165) is 12.7 Å². The summed E-state index contributed by atoms with van der Waals surface area (Å²) >= 11 is 0. The van der Waals surface area contributed by atoms with E-state index in [4.69, 9.17) is 0 Å². The fourth-order valence-corrected chi connectivity index (χ4v) is 1.45. The van der Waals surface area contributed by atoms with Crippen molar-refractivity contribution >= 4 is 12.4 Å². The average Bonchev–Trinajstić information content (AvgIpc) is 2.19. The topological polar surface area (TPSA) is 17.1 Å². The van der Waals surface area contributed by atoms with Gasteiger partial charge in [-0.25, -0.2) is 0 Å². The number of benzene rings is 1. The summed E-state index contributed by atoms with van der Waals surface area (Å²) in [6, 6.07) is 10.2. The Balaban J connectivity index is 2.64. The standard InChI is InChI=1S/C13H16O/c1-11(8-12(2)10-14)9-13-6-4-3-5-7-13/h3-7,9-10,12H,8H2,1-2H3. The van der Waals surface area contributed by atoms with Crippen LogP contribution in [0.1, 0.15) is 25.8 Å². The third-order valence-corrected chi connectivity index (χ3v) is 2.09. The highest BCUT2D eigenvalue weighted by Gasteiger charge is 2.00. The van der Waals surface area contributed by atoms with Gasteiger partial charge < -0.3 is 4.79 Å². The minimum atomic E-state index is 0.120. The zero-order valence-electron chi connectivity index (χ0n) is 8.73. The monoisotopic (exact) mass is 188 g/mol. The van der Waals surface area contributed by atoms with Crippen LogP contribution in [0.25, 0.3) is 6.08 Å². The summed E-state index contributed by atoms with van der Waals surface area (Å²) in [7, 11) is 0. The van der Waals surface area contributed by atoms with Crippen molar-refractivity contribution in [1.29, 1.82) is 0 Å². The maximum atomic E-state index is 10.5. The molecule has 14 heavy (non-hydrogen) atoms. The molecule has 0 saturated carbocycles. The van der Waals surface area contributed by atoms with Gasteiger partial charge in [-0.05, 0) is 18.9 Å². The lowest BCUT2D eigenvalue weighted by molar-refractivity contribution is -0.110. The van der Waals surface area contributed by atoms with Gasteiger partial charge in [0.25, 0.3) is 0 Å². The van der Waals surface area contributed by atoms with Gasteiger partial charge in [-0.3, -0.25) is 0 Å². The molecule has 0 radical (unpaired) electrons. The van der Waals surface area contributed by atoms with Gasteiger partial charge in [-0.15, -0.1) is 0 Å². The van der Waals surface area contributed by atoms with Crippen molar-refractivity contribution in [3.05, 3.63) is 41.5 Å². The van der Waals surface area contributed by atoms with Crippen LogP contribution < -0.4 is 0 Å². The smallest absolute Gasteiger partial charge is 0.123 e. The number of carbonyl (C=O) groups is 1. The van der Waals surface area contributed by atoms with E-state index in [0.29, 0.717) is 0 Å². The predicted molar refractivity (Wildman–Crippen MR) is 59.9 cm³/mol. The SMILES string of the molecule is CC(=Cc1ccccc1)CC(C)C=O. The summed E-state index contributed by atoms with van der Waals surface area (Å²) in [5, 5.41) is 0. The second kappa shape index (κ2) is 5.38. The first kappa shape index (κ1) is 10.7. The first-order chi connectivity index (χ1) is 6.72. The summed E-state index contributed by atoms with van der Waals surface area (Å²) in [4.78, 5) is 10.5. The van der Waals surface area contributed by atoms with E-state index in [2.05, 4.69) is 25.1 Å². The lowest BCUT2D eigenvalue weighted by Crippen LogP contribution is -1.95. The van der Waals surface area contributed by atoms with E-state index in [1.807, 2.05) is 25.1 Å². The molecule has 1 rings (SSSR count). The molecule has 0 spiro atoms. The first-order valence-corrected chi connectivity index (χ1v) is 4.90. The van der Waals surface area contributed by atoms with Gasteiger partial charge in [-0.1, -0.05) is 48.9 Å². The summed E-state index contributed by atoms with van der Waals surface area (Å²) in [6.07, 6.45) is 3.97. The number of rotatable bonds is 4. The van der Waals surface area contributed by atoms with Crippen molar-refractivity contribution in [3.8, 4) is 0 Å². The summed E-state index contributed by atoms with van der Waals surface area (Å²) in [5.41, 5.74) is 2.44. The normalized spacial score (nSPS) is 13.7. The van der Waals surface area contributed by atoms with Crippen LogP contribution in [0.3, 0.4) is 0 Å². The maximum Gasteiger partial charge on any atom is 0.123 e. The van der Waals surface area contributed by atoms with Gasteiger partial charge in [0, 0.05) is 5.92 Å². The Bertz CT molecular complexity index is 311. The highest BCUT2D eigenvalue weighted by atomic mass is 16.1. The average molecular weight is 188 g/mol. The largest absolute Gasteiger partial charge is 0.303 e. The predicted octanol–water partition coefficient (Wildman–Crippen LogP) is 3.32. The molecule has 0 aliphatic rings.